The Balaban J connectivity index is 2.31. The zero-order chi connectivity index (χ0) is 14.8. The zero-order valence-electron chi connectivity index (χ0n) is 10.6. The number of thiophene rings is 1. The first-order valence-electron chi connectivity index (χ1n) is 5.80. The minimum Gasteiger partial charge on any atom is -0.479 e. The van der Waals surface area contributed by atoms with E-state index in [1.807, 2.05) is 0 Å². The summed E-state index contributed by atoms with van der Waals surface area (Å²) in [6.45, 7) is 1.46. The van der Waals surface area contributed by atoms with Gasteiger partial charge in [-0.3, -0.25) is 4.79 Å². The molecule has 2 N–H and O–H groups in total. The number of carbonyl (C=O) groups excluding carboxylic acids is 1. The molecule has 4 nitrogen and oxygen atoms in total. The van der Waals surface area contributed by atoms with Gasteiger partial charge in [0.05, 0.1) is 9.21 Å². The molecule has 1 heterocycles. The second kappa shape index (κ2) is 5.64. The third-order valence-corrected chi connectivity index (χ3v) is 4.17. The van der Waals surface area contributed by atoms with E-state index in [0.717, 1.165) is 11.3 Å². The fraction of sp³-hybridized carbons (Fsp3) is 0.143. The molecule has 0 spiro atoms. The Bertz CT molecular complexity index is 641. The van der Waals surface area contributed by atoms with E-state index >= 15 is 0 Å². The maximum atomic E-state index is 12.1. The van der Waals surface area contributed by atoms with Gasteiger partial charge >= 0.3 is 5.97 Å². The third-order valence-electron chi connectivity index (χ3n) is 2.94. The number of carbonyl (C=O) groups is 2. The number of hydrogen-bond acceptors (Lipinski definition) is 3. The molecule has 0 fully saturated rings. The monoisotopic (exact) mass is 309 g/mol. The van der Waals surface area contributed by atoms with E-state index in [-0.39, 0.29) is 0 Å². The first-order valence-corrected chi connectivity index (χ1v) is 6.99. The van der Waals surface area contributed by atoms with Crippen molar-refractivity contribution in [1.82, 2.24) is 5.32 Å². The molecule has 0 aliphatic heterocycles. The van der Waals surface area contributed by atoms with Crippen LogP contribution in [0, 0.1) is 0 Å². The Kier molecular flexibility index (Phi) is 4.11. The average Bonchev–Trinajstić information content (AvgIpc) is 2.86. The van der Waals surface area contributed by atoms with E-state index in [1.54, 1.807) is 42.5 Å². The minimum atomic E-state index is -1.49. The highest BCUT2D eigenvalue weighted by molar-refractivity contribution is 7.18. The Morgan fingerprint density at radius 3 is 2.35 bits per heavy atom. The maximum Gasteiger partial charge on any atom is 0.333 e. The summed E-state index contributed by atoms with van der Waals surface area (Å²) in [4.78, 5) is 24.1. The molecule has 0 saturated carbocycles. The van der Waals surface area contributed by atoms with Gasteiger partial charge in [0.1, 0.15) is 0 Å². The van der Waals surface area contributed by atoms with Gasteiger partial charge in [-0.05, 0) is 24.6 Å². The van der Waals surface area contributed by atoms with Gasteiger partial charge in [0.25, 0.3) is 5.91 Å². The SMILES string of the molecule is CC(NC(=O)c1ccc(Cl)s1)(C(=O)O)c1ccccc1. The average molecular weight is 310 g/mol. The van der Waals surface area contributed by atoms with Crippen molar-refractivity contribution in [3.8, 4) is 0 Å². The molecular weight excluding hydrogens is 298 g/mol. The summed E-state index contributed by atoms with van der Waals surface area (Å²) in [5.74, 6) is -1.59. The Morgan fingerprint density at radius 1 is 1.20 bits per heavy atom. The Hall–Kier alpha value is -1.85. The smallest absolute Gasteiger partial charge is 0.333 e. The van der Waals surface area contributed by atoms with Crippen LogP contribution in [0.3, 0.4) is 0 Å². The number of amides is 1. The number of hydrogen-bond donors (Lipinski definition) is 2. The van der Waals surface area contributed by atoms with Crippen molar-refractivity contribution in [2.45, 2.75) is 12.5 Å². The van der Waals surface area contributed by atoms with Crippen molar-refractivity contribution < 1.29 is 14.7 Å². The number of aliphatic carboxylic acids is 1. The number of halogens is 1. The summed E-state index contributed by atoms with van der Waals surface area (Å²) in [7, 11) is 0. The molecule has 2 aromatic rings. The molecule has 0 aliphatic rings. The van der Waals surface area contributed by atoms with E-state index in [4.69, 9.17) is 11.6 Å². The van der Waals surface area contributed by atoms with Gasteiger partial charge in [0.15, 0.2) is 5.54 Å². The van der Waals surface area contributed by atoms with Gasteiger partial charge in [-0.25, -0.2) is 4.79 Å². The lowest BCUT2D eigenvalue weighted by Gasteiger charge is -2.26. The van der Waals surface area contributed by atoms with Crippen molar-refractivity contribution in [2.75, 3.05) is 0 Å². The largest absolute Gasteiger partial charge is 0.479 e. The highest BCUT2D eigenvalue weighted by Gasteiger charge is 2.37. The highest BCUT2D eigenvalue weighted by Crippen LogP contribution is 2.25. The summed E-state index contributed by atoms with van der Waals surface area (Å²) >= 11 is 6.88. The molecule has 20 heavy (non-hydrogen) atoms. The lowest BCUT2D eigenvalue weighted by Crippen LogP contribution is -2.49. The number of benzene rings is 1. The lowest BCUT2D eigenvalue weighted by molar-refractivity contribution is -0.144. The van der Waals surface area contributed by atoms with Gasteiger partial charge in [-0.1, -0.05) is 41.9 Å². The summed E-state index contributed by atoms with van der Waals surface area (Å²) in [5.41, 5.74) is -0.988. The van der Waals surface area contributed by atoms with Crippen molar-refractivity contribution in [3.63, 3.8) is 0 Å². The van der Waals surface area contributed by atoms with Crippen LogP contribution >= 0.6 is 22.9 Å². The lowest BCUT2D eigenvalue weighted by atomic mass is 9.92. The normalized spacial score (nSPS) is 13.5. The molecule has 0 aliphatic carbocycles. The third kappa shape index (κ3) is 2.84. The maximum absolute atomic E-state index is 12.1. The summed E-state index contributed by atoms with van der Waals surface area (Å²) in [6.07, 6.45) is 0. The highest BCUT2D eigenvalue weighted by atomic mass is 35.5. The van der Waals surface area contributed by atoms with Crippen LogP contribution in [-0.4, -0.2) is 17.0 Å². The molecule has 6 heteroatoms. The predicted octanol–water partition coefficient (Wildman–Crippen LogP) is 3.13. The molecule has 1 aromatic carbocycles. The first-order chi connectivity index (χ1) is 9.43. The van der Waals surface area contributed by atoms with E-state index in [0.29, 0.717) is 14.8 Å². The molecule has 1 aromatic heterocycles. The molecule has 1 atom stereocenters. The van der Waals surface area contributed by atoms with E-state index in [2.05, 4.69) is 5.32 Å². The number of nitrogens with one attached hydrogen (secondary N) is 1. The molecule has 1 unspecified atom stereocenters. The van der Waals surface area contributed by atoms with Crippen LogP contribution in [0.1, 0.15) is 22.2 Å². The fourth-order valence-electron chi connectivity index (χ4n) is 1.75. The van der Waals surface area contributed by atoms with Gasteiger partial charge in [0, 0.05) is 0 Å². The van der Waals surface area contributed by atoms with Crippen molar-refractivity contribution in [2.24, 2.45) is 0 Å². The van der Waals surface area contributed by atoms with Crippen molar-refractivity contribution >= 4 is 34.8 Å². The summed E-state index contributed by atoms with van der Waals surface area (Å²) < 4.78 is 0.479. The van der Waals surface area contributed by atoms with Crippen LogP contribution in [0.4, 0.5) is 0 Å². The van der Waals surface area contributed by atoms with Crippen molar-refractivity contribution in [3.05, 3.63) is 57.2 Å². The van der Waals surface area contributed by atoms with Crippen LogP contribution in [0.2, 0.25) is 4.34 Å². The van der Waals surface area contributed by atoms with E-state index in [9.17, 15) is 14.7 Å². The van der Waals surface area contributed by atoms with Crippen LogP contribution < -0.4 is 5.32 Å². The Morgan fingerprint density at radius 2 is 1.85 bits per heavy atom. The van der Waals surface area contributed by atoms with Gasteiger partial charge in [0.2, 0.25) is 0 Å². The summed E-state index contributed by atoms with van der Waals surface area (Å²) in [5, 5.41) is 12.0. The number of carboxylic acid groups (broad SMARTS) is 1. The molecule has 0 radical (unpaired) electrons. The predicted molar refractivity (Wildman–Crippen MR) is 78.2 cm³/mol. The molecule has 0 saturated heterocycles. The van der Waals surface area contributed by atoms with Crippen LogP contribution in [0.25, 0.3) is 0 Å². The quantitative estimate of drug-likeness (QED) is 0.912. The van der Waals surface area contributed by atoms with Crippen molar-refractivity contribution in [1.29, 1.82) is 0 Å². The zero-order valence-corrected chi connectivity index (χ0v) is 12.2. The molecule has 2 rings (SSSR count). The van der Waals surface area contributed by atoms with Gasteiger partial charge in [-0.15, -0.1) is 11.3 Å². The minimum absolute atomic E-state index is 0.374. The van der Waals surface area contributed by atoms with Crippen LogP contribution in [0.15, 0.2) is 42.5 Å². The Labute approximate surface area is 125 Å². The first kappa shape index (κ1) is 14.6. The fourth-order valence-corrected chi connectivity index (χ4v) is 2.68. The standard InChI is InChI=1S/C14H12ClNO3S/c1-14(13(18)19,9-5-3-2-4-6-9)16-12(17)10-7-8-11(15)20-10/h2-8H,1H3,(H,16,17)(H,18,19). The van der Waals surface area contributed by atoms with Gasteiger partial charge in [-0.2, -0.15) is 0 Å². The molecule has 1 amide bonds. The topological polar surface area (TPSA) is 66.4 Å². The molecule has 104 valence electrons. The van der Waals surface area contributed by atoms with E-state index < -0.39 is 17.4 Å². The molecule has 0 bridgehead atoms. The van der Waals surface area contributed by atoms with Crippen LogP contribution in [-0.2, 0) is 10.3 Å². The van der Waals surface area contributed by atoms with Gasteiger partial charge < -0.3 is 10.4 Å². The number of rotatable bonds is 4. The second-order valence-electron chi connectivity index (χ2n) is 4.35. The number of carboxylic acids is 1. The second-order valence-corrected chi connectivity index (χ2v) is 6.07. The van der Waals surface area contributed by atoms with Crippen LogP contribution in [0.5, 0.6) is 0 Å². The molecular formula is C14H12ClNO3S. The van der Waals surface area contributed by atoms with E-state index in [1.165, 1.54) is 6.92 Å². The summed E-state index contributed by atoms with van der Waals surface area (Å²) in [6, 6.07) is 11.7.